The molecule has 130 valence electrons. The fourth-order valence-electron chi connectivity index (χ4n) is 2.24. The van der Waals surface area contributed by atoms with Crippen LogP contribution in [-0.4, -0.2) is 24.6 Å². The molecule has 0 unspecified atom stereocenters. The molecular weight excluding hydrogens is 318 g/mol. The minimum absolute atomic E-state index is 0.276. The average molecular weight is 339 g/mol. The van der Waals surface area contributed by atoms with Crippen LogP contribution in [-0.2, 0) is 14.4 Å². The first-order chi connectivity index (χ1) is 11.9. The van der Waals surface area contributed by atoms with Gasteiger partial charge in [-0.25, -0.2) is 0 Å². The van der Waals surface area contributed by atoms with E-state index in [4.69, 9.17) is 4.84 Å². The lowest BCUT2D eigenvalue weighted by Gasteiger charge is -2.06. The molecule has 0 aliphatic rings. The summed E-state index contributed by atoms with van der Waals surface area (Å²) in [7, 11) is 0. The summed E-state index contributed by atoms with van der Waals surface area (Å²) in [5.74, 6) is -0.778. The van der Waals surface area contributed by atoms with E-state index in [0.717, 1.165) is 22.9 Å². The van der Waals surface area contributed by atoms with E-state index < -0.39 is 5.91 Å². The highest BCUT2D eigenvalue weighted by Crippen LogP contribution is 2.13. The molecular formula is C19H21N3O3. The van der Waals surface area contributed by atoms with E-state index >= 15 is 0 Å². The van der Waals surface area contributed by atoms with Crippen LogP contribution in [0.3, 0.4) is 0 Å². The lowest BCUT2D eigenvalue weighted by molar-refractivity contribution is -0.120. The van der Waals surface area contributed by atoms with Gasteiger partial charge in [-0.3, -0.25) is 9.59 Å². The molecule has 0 aliphatic heterocycles. The number of nitrogens with zero attached hydrogens (tertiary/aromatic N) is 1. The van der Waals surface area contributed by atoms with E-state index in [9.17, 15) is 9.59 Å². The molecule has 2 amide bonds. The van der Waals surface area contributed by atoms with Gasteiger partial charge in [0.1, 0.15) is 6.21 Å². The van der Waals surface area contributed by atoms with Crippen LogP contribution in [0.5, 0.6) is 0 Å². The Labute approximate surface area is 146 Å². The molecule has 0 saturated carbocycles. The van der Waals surface area contributed by atoms with Crippen molar-refractivity contribution in [2.24, 2.45) is 5.16 Å². The number of hydrogen-bond donors (Lipinski definition) is 2. The predicted octanol–water partition coefficient (Wildman–Crippen LogP) is 3.19. The number of carbonyl (C=O) groups excluding carboxylic acids is 2. The Kier molecular flexibility index (Phi) is 6.28. The van der Waals surface area contributed by atoms with Gasteiger partial charge in [-0.05, 0) is 56.2 Å². The molecule has 2 aromatic rings. The van der Waals surface area contributed by atoms with Gasteiger partial charge in [-0.2, -0.15) is 0 Å². The average Bonchev–Trinajstić information content (AvgIpc) is 2.53. The summed E-state index contributed by atoms with van der Waals surface area (Å²) in [4.78, 5) is 28.3. The highest BCUT2D eigenvalue weighted by Gasteiger charge is 2.04. The smallest absolute Gasteiger partial charge is 0.270 e. The lowest BCUT2D eigenvalue weighted by atomic mass is 10.1. The number of aryl methyl sites for hydroxylation is 3. The second-order valence-corrected chi connectivity index (χ2v) is 5.79. The van der Waals surface area contributed by atoms with Crippen molar-refractivity contribution in [3.8, 4) is 0 Å². The molecule has 0 bridgehead atoms. The van der Waals surface area contributed by atoms with Crippen molar-refractivity contribution in [2.75, 3.05) is 17.2 Å². The van der Waals surface area contributed by atoms with Crippen LogP contribution in [0.25, 0.3) is 0 Å². The van der Waals surface area contributed by atoms with E-state index in [1.54, 1.807) is 12.1 Å². The Morgan fingerprint density at radius 2 is 1.56 bits per heavy atom. The quantitative estimate of drug-likeness (QED) is 0.626. The first-order valence-corrected chi connectivity index (χ1v) is 7.83. The summed E-state index contributed by atoms with van der Waals surface area (Å²) >= 11 is 0. The van der Waals surface area contributed by atoms with Crippen LogP contribution in [0, 0.1) is 20.8 Å². The fraction of sp³-hybridized carbons (Fsp3) is 0.211. The third-order valence-corrected chi connectivity index (χ3v) is 3.26. The van der Waals surface area contributed by atoms with Crippen LogP contribution in [0.2, 0.25) is 0 Å². The van der Waals surface area contributed by atoms with Crippen molar-refractivity contribution in [3.05, 3.63) is 59.2 Å². The summed E-state index contributed by atoms with van der Waals surface area (Å²) in [6.07, 6.45) is 0.990. The zero-order valence-corrected chi connectivity index (χ0v) is 14.5. The van der Waals surface area contributed by atoms with Gasteiger partial charge >= 0.3 is 0 Å². The number of rotatable bonds is 6. The highest BCUT2D eigenvalue weighted by atomic mass is 16.6. The van der Waals surface area contributed by atoms with Gasteiger partial charge in [-0.15, -0.1) is 0 Å². The van der Waals surface area contributed by atoms with Crippen molar-refractivity contribution < 1.29 is 14.4 Å². The SMILES string of the molecule is Cc1ccc(NC(=O)/C=N\OCC(=O)Nc2cc(C)cc(C)c2)cc1. The number of anilines is 2. The van der Waals surface area contributed by atoms with E-state index in [0.29, 0.717) is 11.4 Å². The molecule has 0 atom stereocenters. The standard InChI is InChI=1S/C19H21N3O3/c1-13-4-6-16(7-5-13)21-18(23)11-20-25-12-19(24)22-17-9-14(2)8-15(3)10-17/h4-11H,12H2,1-3H3,(H,21,23)(H,22,24)/b20-11-. The maximum Gasteiger partial charge on any atom is 0.270 e. The van der Waals surface area contributed by atoms with Crippen molar-refractivity contribution in [1.29, 1.82) is 0 Å². The van der Waals surface area contributed by atoms with Crippen molar-refractivity contribution in [2.45, 2.75) is 20.8 Å². The molecule has 6 heteroatoms. The van der Waals surface area contributed by atoms with E-state index in [2.05, 4.69) is 15.8 Å². The van der Waals surface area contributed by atoms with Gasteiger partial charge in [0.25, 0.3) is 11.8 Å². The second kappa shape index (κ2) is 8.63. The van der Waals surface area contributed by atoms with Gasteiger partial charge < -0.3 is 15.5 Å². The van der Waals surface area contributed by atoms with Gasteiger partial charge in [-0.1, -0.05) is 28.9 Å². The summed E-state index contributed by atoms with van der Waals surface area (Å²) < 4.78 is 0. The Balaban J connectivity index is 1.75. The molecule has 0 heterocycles. The number of carbonyl (C=O) groups is 2. The second-order valence-electron chi connectivity index (χ2n) is 5.79. The molecule has 2 aromatic carbocycles. The Morgan fingerprint density at radius 1 is 0.920 bits per heavy atom. The number of nitrogens with one attached hydrogen (secondary N) is 2. The van der Waals surface area contributed by atoms with E-state index in [1.165, 1.54) is 0 Å². The molecule has 6 nitrogen and oxygen atoms in total. The number of amides is 2. The normalized spacial score (nSPS) is 10.5. The molecule has 25 heavy (non-hydrogen) atoms. The maximum atomic E-state index is 11.8. The summed E-state index contributed by atoms with van der Waals surface area (Å²) in [5, 5.41) is 8.86. The van der Waals surface area contributed by atoms with Gasteiger partial charge in [0.15, 0.2) is 6.61 Å². The van der Waals surface area contributed by atoms with Gasteiger partial charge in [0.2, 0.25) is 0 Å². The van der Waals surface area contributed by atoms with Gasteiger partial charge in [0.05, 0.1) is 0 Å². The Hall–Kier alpha value is -3.15. The van der Waals surface area contributed by atoms with E-state index in [1.807, 2.05) is 51.1 Å². The monoisotopic (exact) mass is 339 g/mol. The van der Waals surface area contributed by atoms with Crippen LogP contribution >= 0.6 is 0 Å². The Bertz CT molecular complexity index is 763. The van der Waals surface area contributed by atoms with Crippen molar-refractivity contribution >= 4 is 29.4 Å². The molecule has 2 rings (SSSR count). The molecule has 0 radical (unpaired) electrons. The highest BCUT2D eigenvalue weighted by molar-refractivity contribution is 6.31. The van der Waals surface area contributed by atoms with Crippen molar-refractivity contribution in [1.82, 2.24) is 0 Å². The van der Waals surface area contributed by atoms with E-state index in [-0.39, 0.29) is 12.5 Å². The molecule has 0 saturated heterocycles. The third-order valence-electron chi connectivity index (χ3n) is 3.26. The first-order valence-electron chi connectivity index (χ1n) is 7.83. The molecule has 2 N–H and O–H groups in total. The topological polar surface area (TPSA) is 79.8 Å². The van der Waals surface area contributed by atoms with Crippen LogP contribution < -0.4 is 10.6 Å². The Morgan fingerprint density at radius 3 is 2.20 bits per heavy atom. The summed E-state index contributed by atoms with van der Waals surface area (Å²) in [6.45, 7) is 5.59. The summed E-state index contributed by atoms with van der Waals surface area (Å²) in [5.41, 5.74) is 4.58. The van der Waals surface area contributed by atoms with Crippen LogP contribution in [0.15, 0.2) is 47.6 Å². The predicted molar refractivity (Wildman–Crippen MR) is 98.8 cm³/mol. The molecule has 0 spiro atoms. The lowest BCUT2D eigenvalue weighted by Crippen LogP contribution is -2.18. The van der Waals surface area contributed by atoms with Crippen LogP contribution in [0.4, 0.5) is 11.4 Å². The number of oxime groups is 1. The third kappa shape index (κ3) is 6.47. The minimum atomic E-state index is -0.432. The fourth-order valence-corrected chi connectivity index (χ4v) is 2.24. The first kappa shape index (κ1) is 18.2. The number of benzene rings is 2. The minimum Gasteiger partial charge on any atom is -0.385 e. The zero-order valence-electron chi connectivity index (χ0n) is 14.5. The molecule has 0 aliphatic carbocycles. The van der Waals surface area contributed by atoms with Crippen LogP contribution in [0.1, 0.15) is 16.7 Å². The zero-order chi connectivity index (χ0) is 18.2. The van der Waals surface area contributed by atoms with Crippen molar-refractivity contribution in [3.63, 3.8) is 0 Å². The number of hydrogen-bond acceptors (Lipinski definition) is 4. The maximum absolute atomic E-state index is 11.8. The largest absolute Gasteiger partial charge is 0.385 e. The van der Waals surface area contributed by atoms with Gasteiger partial charge in [0, 0.05) is 11.4 Å². The molecule has 0 fully saturated rings. The summed E-state index contributed by atoms with van der Waals surface area (Å²) in [6, 6.07) is 13.1. The molecule has 0 aromatic heterocycles.